The SMILES string of the molecule is Cc1nccc(C(=O)NCC[C@](O)(c2ccc(C)o2)C(F)(F)F)n1. The molecule has 9 heteroatoms. The minimum atomic E-state index is -4.95. The maximum atomic E-state index is 13.3. The van der Waals surface area contributed by atoms with Gasteiger partial charge in [-0.25, -0.2) is 9.97 Å². The molecule has 0 fully saturated rings. The van der Waals surface area contributed by atoms with Crippen LogP contribution >= 0.6 is 0 Å². The Morgan fingerprint density at radius 2 is 2.00 bits per heavy atom. The number of aryl methyl sites for hydroxylation is 2. The number of halogens is 3. The third-order valence-electron chi connectivity index (χ3n) is 3.40. The predicted molar refractivity (Wildman–Crippen MR) is 77.1 cm³/mol. The van der Waals surface area contributed by atoms with Gasteiger partial charge >= 0.3 is 6.18 Å². The minimum Gasteiger partial charge on any atom is -0.463 e. The fraction of sp³-hybridized carbons (Fsp3) is 0.400. The lowest BCUT2D eigenvalue weighted by Gasteiger charge is -2.28. The molecule has 0 radical (unpaired) electrons. The first kappa shape index (κ1) is 17.9. The maximum Gasteiger partial charge on any atom is 0.424 e. The molecule has 2 aromatic heterocycles. The molecule has 0 aliphatic carbocycles. The molecule has 0 spiro atoms. The van der Waals surface area contributed by atoms with Gasteiger partial charge in [0, 0.05) is 19.2 Å². The predicted octanol–water partition coefficient (Wildman–Crippen LogP) is 2.26. The molecular formula is C15H16F3N3O3. The monoisotopic (exact) mass is 343 g/mol. The lowest BCUT2D eigenvalue weighted by molar-refractivity contribution is -0.274. The molecule has 0 aliphatic rings. The molecule has 24 heavy (non-hydrogen) atoms. The first-order valence-corrected chi connectivity index (χ1v) is 7.07. The molecule has 130 valence electrons. The number of nitrogens with one attached hydrogen (secondary N) is 1. The fourth-order valence-corrected chi connectivity index (χ4v) is 2.09. The van der Waals surface area contributed by atoms with Crippen molar-refractivity contribution in [2.75, 3.05) is 6.54 Å². The van der Waals surface area contributed by atoms with Gasteiger partial charge in [-0.15, -0.1) is 0 Å². The largest absolute Gasteiger partial charge is 0.463 e. The van der Waals surface area contributed by atoms with Crippen LogP contribution in [0.5, 0.6) is 0 Å². The molecule has 2 aromatic rings. The van der Waals surface area contributed by atoms with E-state index in [2.05, 4.69) is 15.3 Å². The van der Waals surface area contributed by atoms with Gasteiger partial charge in [0.15, 0.2) is 0 Å². The van der Waals surface area contributed by atoms with E-state index < -0.39 is 36.4 Å². The number of hydrogen-bond donors (Lipinski definition) is 2. The summed E-state index contributed by atoms with van der Waals surface area (Å²) < 4.78 is 44.7. The van der Waals surface area contributed by atoms with Gasteiger partial charge in [0.1, 0.15) is 23.0 Å². The van der Waals surface area contributed by atoms with Crippen molar-refractivity contribution in [3.8, 4) is 0 Å². The number of furan rings is 1. The summed E-state index contributed by atoms with van der Waals surface area (Å²) >= 11 is 0. The summed E-state index contributed by atoms with van der Waals surface area (Å²) in [5.41, 5.74) is -3.15. The number of aliphatic hydroxyl groups is 1. The first-order chi connectivity index (χ1) is 11.1. The van der Waals surface area contributed by atoms with Crippen LogP contribution in [0, 0.1) is 13.8 Å². The van der Waals surface area contributed by atoms with Crippen LogP contribution in [0.15, 0.2) is 28.8 Å². The lowest BCUT2D eigenvalue weighted by Crippen LogP contribution is -2.44. The number of nitrogens with zero attached hydrogens (tertiary/aromatic N) is 2. The van der Waals surface area contributed by atoms with E-state index in [1.807, 2.05) is 0 Å². The van der Waals surface area contributed by atoms with E-state index in [1.54, 1.807) is 6.92 Å². The van der Waals surface area contributed by atoms with E-state index in [-0.39, 0.29) is 11.5 Å². The van der Waals surface area contributed by atoms with Crippen molar-refractivity contribution in [2.24, 2.45) is 0 Å². The fourth-order valence-electron chi connectivity index (χ4n) is 2.09. The van der Waals surface area contributed by atoms with Crippen LogP contribution in [0.3, 0.4) is 0 Å². The molecule has 1 atom stereocenters. The zero-order valence-electron chi connectivity index (χ0n) is 13.0. The normalized spacial score (nSPS) is 14.2. The first-order valence-electron chi connectivity index (χ1n) is 7.07. The molecule has 0 aliphatic heterocycles. The van der Waals surface area contributed by atoms with Gasteiger partial charge in [0.2, 0.25) is 5.60 Å². The number of carbonyl (C=O) groups excluding carboxylic acids is 1. The molecule has 2 rings (SSSR count). The molecule has 0 bridgehead atoms. The molecule has 6 nitrogen and oxygen atoms in total. The number of alkyl halides is 3. The summed E-state index contributed by atoms with van der Waals surface area (Å²) in [5, 5.41) is 12.4. The Morgan fingerprint density at radius 3 is 2.54 bits per heavy atom. The molecular weight excluding hydrogens is 327 g/mol. The van der Waals surface area contributed by atoms with Crippen molar-refractivity contribution >= 4 is 5.91 Å². The number of aromatic nitrogens is 2. The van der Waals surface area contributed by atoms with Crippen LogP contribution in [0.2, 0.25) is 0 Å². The van der Waals surface area contributed by atoms with Crippen molar-refractivity contribution in [1.29, 1.82) is 0 Å². The number of rotatable bonds is 5. The van der Waals surface area contributed by atoms with Crippen molar-refractivity contribution in [1.82, 2.24) is 15.3 Å². The highest BCUT2D eigenvalue weighted by Crippen LogP contribution is 2.41. The second-order valence-corrected chi connectivity index (χ2v) is 5.26. The molecule has 0 aromatic carbocycles. The van der Waals surface area contributed by atoms with Crippen LogP contribution in [-0.2, 0) is 5.60 Å². The van der Waals surface area contributed by atoms with Gasteiger partial charge < -0.3 is 14.8 Å². The van der Waals surface area contributed by atoms with E-state index in [0.29, 0.717) is 5.82 Å². The highest BCUT2D eigenvalue weighted by molar-refractivity contribution is 5.92. The van der Waals surface area contributed by atoms with E-state index in [0.717, 1.165) is 6.07 Å². The van der Waals surface area contributed by atoms with Crippen LogP contribution in [0.1, 0.15) is 34.3 Å². The Kier molecular flexibility index (Phi) is 4.93. The van der Waals surface area contributed by atoms with Crippen LogP contribution in [0.4, 0.5) is 13.2 Å². The topological polar surface area (TPSA) is 88.2 Å². The molecule has 0 unspecified atom stereocenters. The summed E-state index contributed by atoms with van der Waals surface area (Å²) in [6.07, 6.45) is -4.37. The van der Waals surface area contributed by atoms with E-state index >= 15 is 0 Å². The second kappa shape index (κ2) is 6.60. The quantitative estimate of drug-likeness (QED) is 0.869. The van der Waals surface area contributed by atoms with Gasteiger partial charge in [-0.05, 0) is 32.0 Å². The second-order valence-electron chi connectivity index (χ2n) is 5.26. The molecule has 0 saturated heterocycles. The Balaban J connectivity index is 2.08. The Labute approximate surface area is 135 Å². The summed E-state index contributed by atoms with van der Waals surface area (Å²) in [6, 6.07) is 3.74. The van der Waals surface area contributed by atoms with Crippen molar-refractivity contribution in [2.45, 2.75) is 32.0 Å². The van der Waals surface area contributed by atoms with Gasteiger partial charge in [-0.1, -0.05) is 0 Å². The van der Waals surface area contributed by atoms with E-state index in [4.69, 9.17) is 4.42 Å². The zero-order chi connectivity index (χ0) is 18.0. The Hall–Kier alpha value is -2.42. The number of amides is 1. The van der Waals surface area contributed by atoms with Crippen LogP contribution < -0.4 is 5.32 Å². The van der Waals surface area contributed by atoms with E-state index in [9.17, 15) is 23.1 Å². The smallest absolute Gasteiger partial charge is 0.424 e. The van der Waals surface area contributed by atoms with E-state index in [1.165, 1.54) is 25.3 Å². The zero-order valence-corrected chi connectivity index (χ0v) is 13.0. The van der Waals surface area contributed by atoms with Crippen LogP contribution in [0.25, 0.3) is 0 Å². The molecule has 0 saturated carbocycles. The van der Waals surface area contributed by atoms with Crippen LogP contribution in [-0.4, -0.2) is 33.7 Å². The number of hydrogen-bond acceptors (Lipinski definition) is 5. The Morgan fingerprint density at radius 1 is 1.29 bits per heavy atom. The summed E-state index contributed by atoms with van der Waals surface area (Å²) in [7, 11) is 0. The average molecular weight is 343 g/mol. The summed E-state index contributed by atoms with van der Waals surface area (Å²) in [5.74, 6) is -0.658. The average Bonchev–Trinajstić information content (AvgIpc) is 2.92. The lowest BCUT2D eigenvalue weighted by atomic mass is 9.95. The highest BCUT2D eigenvalue weighted by Gasteiger charge is 2.56. The molecule has 2 N–H and O–H groups in total. The molecule has 1 amide bonds. The minimum absolute atomic E-state index is 0.0342. The van der Waals surface area contributed by atoms with Crippen molar-refractivity contribution in [3.05, 3.63) is 47.4 Å². The standard InChI is InChI=1S/C15H16F3N3O3/c1-9-3-4-12(24-9)14(23,15(16,17)18)6-8-20-13(22)11-5-7-19-10(2)21-11/h3-5,7,23H,6,8H2,1-2H3,(H,20,22)/t14-/m0/s1. The Bertz CT molecular complexity index is 730. The summed E-state index contributed by atoms with van der Waals surface area (Å²) in [6.45, 7) is 2.63. The third-order valence-corrected chi connectivity index (χ3v) is 3.40. The highest BCUT2D eigenvalue weighted by atomic mass is 19.4. The van der Waals surface area contributed by atoms with Gasteiger partial charge in [-0.3, -0.25) is 4.79 Å². The maximum absolute atomic E-state index is 13.3. The van der Waals surface area contributed by atoms with Crippen molar-refractivity contribution < 1.29 is 27.5 Å². The summed E-state index contributed by atoms with van der Waals surface area (Å²) in [4.78, 5) is 19.6. The van der Waals surface area contributed by atoms with Gasteiger partial charge in [0.25, 0.3) is 5.91 Å². The molecule has 2 heterocycles. The third kappa shape index (κ3) is 3.73. The number of carbonyl (C=O) groups is 1. The van der Waals surface area contributed by atoms with Gasteiger partial charge in [-0.2, -0.15) is 13.2 Å². The van der Waals surface area contributed by atoms with Crippen molar-refractivity contribution in [3.63, 3.8) is 0 Å². The van der Waals surface area contributed by atoms with Gasteiger partial charge in [0.05, 0.1) is 0 Å².